The SMILES string of the molecule is O=C(O)c1cc2[nH]c(-c3ccccc3)c(-c3ccc(Oc4ccccc4)cc3)c(=O)n2n1. The van der Waals surface area contributed by atoms with Gasteiger partial charge in [-0.25, -0.2) is 4.79 Å². The van der Waals surface area contributed by atoms with Gasteiger partial charge in [0.05, 0.1) is 11.3 Å². The van der Waals surface area contributed by atoms with Crippen molar-refractivity contribution in [2.24, 2.45) is 0 Å². The van der Waals surface area contributed by atoms with Crippen molar-refractivity contribution >= 4 is 11.6 Å². The summed E-state index contributed by atoms with van der Waals surface area (Å²) in [6, 6.07) is 27.3. The van der Waals surface area contributed by atoms with Gasteiger partial charge in [-0.2, -0.15) is 9.61 Å². The first-order valence-electron chi connectivity index (χ1n) is 9.88. The van der Waals surface area contributed by atoms with Gasteiger partial charge in [0.2, 0.25) is 0 Å². The van der Waals surface area contributed by atoms with Crippen LogP contribution in [0, 0.1) is 0 Å². The largest absolute Gasteiger partial charge is 0.476 e. The van der Waals surface area contributed by atoms with E-state index in [1.807, 2.05) is 60.7 Å². The molecular weight excluding hydrogens is 406 g/mol. The van der Waals surface area contributed by atoms with Gasteiger partial charge in [0.15, 0.2) is 5.69 Å². The zero-order valence-electron chi connectivity index (χ0n) is 16.7. The Kier molecular flexibility index (Phi) is 4.76. The predicted octanol–water partition coefficient (Wildman–Crippen LogP) is 4.85. The molecule has 7 heteroatoms. The lowest BCUT2D eigenvalue weighted by atomic mass is 10.0. The van der Waals surface area contributed by atoms with Crippen molar-refractivity contribution in [3.8, 4) is 33.9 Å². The lowest BCUT2D eigenvalue weighted by Gasteiger charge is -2.12. The van der Waals surface area contributed by atoms with Crippen LogP contribution in [0.1, 0.15) is 10.5 Å². The second-order valence-corrected chi connectivity index (χ2v) is 7.12. The second-order valence-electron chi connectivity index (χ2n) is 7.12. The van der Waals surface area contributed by atoms with Gasteiger partial charge in [-0.1, -0.05) is 60.7 Å². The van der Waals surface area contributed by atoms with Gasteiger partial charge in [-0.05, 0) is 35.4 Å². The Balaban J connectivity index is 1.66. The summed E-state index contributed by atoms with van der Waals surface area (Å²) in [4.78, 5) is 28.0. The number of benzene rings is 3. The molecule has 0 amide bonds. The highest BCUT2D eigenvalue weighted by molar-refractivity contribution is 5.87. The fourth-order valence-electron chi connectivity index (χ4n) is 3.54. The zero-order chi connectivity index (χ0) is 22.1. The zero-order valence-corrected chi connectivity index (χ0v) is 16.7. The Morgan fingerprint density at radius 2 is 1.47 bits per heavy atom. The van der Waals surface area contributed by atoms with Crippen LogP contribution < -0.4 is 10.3 Å². The first kappa shape index (κ1) is 19.3. The maximum absolute atomic E-state index is 13.4. The normalized spacial score (nSPS) is 10.9. The number of aromatic amines is 1. The van der Waals surface area contributed by atoms with Crippen molar-refractivity contribution in [1.29, 1.82) is 0 Å². The van der Waals surface area contributed by atoms with Crippen LogP contribution in [0.5, 0.6) is 11.5 Å². The van der Waals surface area contributed by atoms with Crippen molar-refractivity contribution < 1.29 is 14.6 Å². The van der Waals surface area contributed by atoms with Gasteiger partial charge < -0.3 is 14.8 Å². The molecule has 3 aromatic carbocycles. The molecule has 0 saturated heterocycles. The van der Waals surface area contributed by atoms with Crippen LogP contribution in [-0.2, 0) is 0 Å². The summed E-state index contributed by atoms with van der Waals surface area (Å²) >= 11 is 0. The number of fused-ring (bicyclic) bond motifs is 1. The van der Waals surface area contributed by atoms with Crippen molar-refractivity contribution in [1.82, 2.24) is 14.6 Å². The van der Waals surface area contributed by atoms with E-state index >= 15 is 0 Å². The molecule has 0 aliphatic heterocycles. The lowest BCUT2D eigenvalue weighted by molar-refractivity contribution is 0.0690. The Bertz CT molecular complexity index is 1470. The number of hydrogen-bond donors (Lipinski definition) is 2. The van der Waals surface area contributed by atoms with Crippen LogP contribution in [0.15, 0.2) is 95.8 Å². The minimum atomic E-state index is -1.20. The summed E-state index contributed by atoms with van der Waals surface area (Å²) in [5.41, 5.74) is 2.10. The molecule has 2 heterocycles. The van der Waals surface area contributed by atoms with Crippen LogP contribution in [0.3, 0.4) is 0 Å². The number of hydrogen-bond acceptors (Lipinski definition) is 4. The Morgan fingerprint density at radius 1 is 0.844 bits per heavy atom. The average molecular weight is 423 g/mol. The third-order valence-electron chi connectivity index (χ3n) is 5.02. The molecule has 0 aliphatic rings. The maximum atomic E-state index is 13.4. The third-order valence-corrected chi connectivity index (χ3v) is 5.02. The summed E-state index contributed by atoms with van der Waals surface area (Å²) in [5, 5.41) is 13.3. The fraction of sp³-hybridized carbons (Fsp3) is 0. The van der Waals surface area contributed by atoms with Crippen LogP contribution in [0.4, 0.5) is 0 Å². The maximum Gasteiger partial charge on any atom is 0.356 e. The summed E-state index contributed by atoms with van der Waals surface area (Å²) < 4.78 is 6.93. The van der Waals surface area contributed by atoms with E-state index in [0.29, 0.717) is 34.0 Å². The quantitative estimate of drug-likeness (QED) is 0.421. The van der Waals surface area contributed by atoms with E-state index in [4.69, 9.17) is 4.74 Å². The molecule has 0 aliphatic carbocycles. The van der Waals surface area contributed by atoms with Gasteiger partial charge >= 0.3 is 5.97 Å². The summed E-state index contributed by atoms with van der Waals surface area (Å²) in [6.45, 7) is 0. The molecule has 2 N–H and O–H groups in total. The van der Waals surface area contributed by atoms with Gasteiger partial charge in [0, 0.05) is 6.07 Å². The number of rotatable bonds is 5. The van der Waals surface area contributed by atoms with Crippen LogP contribution in [0.2, 0.25) is 0 Å². The number of para-hydroxylation sites is 1. The number of H-pyrrole nitrogens is 1. The highest BCUT2D eigenvalue weighted by atomic mass is 16.5. The Hall–Kier alpha value is -4.65. The van der Waals surface area contributed by atoms with Gasteiger partial charge in [-0.15, -0.1) is 0 Å². The van der Waals surface area contributed by atoms with Crippen LogP contribution >= 0.6 is 0 Å². The molecule has 0 atom stereocenters. The molecule has 0 spiro atoms. The monoisotopic (exact) mass is 423 g/mol. The number of ether oxygens (including phenoxy) is 1. The summed E-state index contributed by atoms with van der Waals surface area (Å²) in [5.74, 6) is 0.139. The average Bonchev–Trinajstić information content (AvgIpc) is 3.26. The van der Waals surface area contributed by atoms with Gasteiger partial charge in [-0.3, -0.25) is 4.79 Å². The number of carbonyl (C=O) groups is 1. The molecule has 156 valence electrons. The highest BCUT2D eigenvalue weighted by Crippen LogP contribution is 2.30. The van der Waals surface area contributed by atoms with Gasteiger partial charge in [0.1, 0.15) is 17.1 Å². The Labute approximate surface area is 182 Å². The summed E-state index contributed by atoms with van der Waals surface area (Å²) in [6.07, 6.45) is 0. The molecule has 2 aromatic heterocycles. The number of aromatic nitrogens is 3. The first-order valence-corrected chi connectivity index (χ1v) is 9.88. The molecule has 5 rings (SSSR count). The molecule has 5 aromatic rings. The number of carboxylic acids is 1. The lowest BCUT2D eigenvalue weighted by Crippen LogP contribution is -2.19. The minimum absolute atomic E-state index is 0.207. The van der Waals surface area contributed by atoms with Crippen molar-refractivity contribution in [2.75, 3.05) is 0 Å². The molecule has 0 fully saturated rings. The number of nitrogens with one attached hydrogen (secondary N) is 1. The fourth-order valence-corrected chi connectivity index (χ4v) is 3.54. The first-order chi connectivity index (χ1) is 15.6. The molecule has 0 unspecified atom stereocenters. The van der Waals surface area contributed by atoms with E-state index in [1.165, 1.54) is 6.07 Å². The molecule has 32 heavy (non-hydrogen) atoms. The minimum Gasteiger partial charge on any atom is -0.476 e. The van der Waals surface area contributed by atoms with E-state index in [2.05, 4.69) is 10.1 Å². The van der Waals surface area contributed by atoms with Crippen LogP contribution in [0.25, 0.3) is 28.0 Å². The topological polar surface area (TPSA) is 96.7 Å². The molecule has 0 bridgehead atoms. The summed E-state index contributed by atoms with van der Waals surface area (Å²) in [7, 11) is 0. The van der Waals surface area contributed by atoms with E-state index in [1.54, 1.807) is 24.3 Å². The second kappa shape index (κ2) is 7.88. The molecule has 0 radical (unpaired) electrons. The third kappa shape index (κ3) is 3.52. The Morgan fingerprint density at radius 3 is 2.12 bits per heavy atom. The molecule has 0 saturated carbocycles. The highest BCUT2D eigenvalue weighted by Gasteiger charge is 2.19. The van der Waals surface area contributed by atoms with Crippen LogP contribution in [-0.4, -0.2) is 25.7 Å². The van der Waals surface area contributed by atoms with E-state index in [9.17, 15) is 14.7 Å². The van der Waals surface area contributed by atoms with E-state index in [0.717, 1.165) is 10.1 Å². The molecule has 7 nitrogen and oxygen atoms in total. The smallest absolute Gasteiger partial charge is 0.356 e. The predicted molar refractivity (Wildman–Crippen MR) is 120 cm³/mol. The van der Waals surface area contributed by atoms with E-state index in [-0.39, 0.29) is 5.69 Å². The van der Waals surface area contributed by atoms with Crippen molar-refractivity contribution in [2.45, 2.75) is 0 Å². The van der Waals surface area contributed by atoms with E-state index < -0.39 is 11.5 Å². The van der Waals surface area contributed by atoms with Crippen molar-refractivity contribution in [3.63, 3.8) is 0 Å². The number of nitrogens with zero attached hydrogens (tertiary/aromatic N) is 2. The number of aromatic carboxylic acids is 1. The number of carboxylic acid groups (broad SMARTS) is 1. The molecular formula is C25H17N3O4. The van der Waals surface area contributed by atoms with Gasteiger partial charge in [0.25, 0.3) is 5.56 Å². The van der Waals surface area contributed by atoms with Crippen molar-refractivity contribution in [3.05, 3.63) is 107 Å². The standard InChI is InChI=1S/C25H17N3O4/c29-24-22(16-11-13-19(14-12-16)32-18-9-5-2-6-10-18)23(17-7-3-1-4-8-17)26-21-15-20(25(30)31)27-28(21)24/h1-15,26H,(H,30,31).